The molecule has 1 fully saturated rings. The molecule has 6 rings (SSSR count). The monoisotopic (exact) mass is 540 g/mol. The molecule has 2 aromatic heterocycles. The number of morpholine rings is 1. The van der Waals surface area contributed by atoms with E-state index in [0.29, 0.717) is 49.6 Å². The van der Waals surface area contributed by atoms with Gasteiger partial charge in [0.1, 0.15) is 0 Å². The fraction of sp³-hybridized carbons (Fsp3) is 0.310. The highest BCUT2D eigenvalue weighted by Crippen LogP contribution is 2.42. The fourth-order valence-electron chi connectivity index (χ4n) is 4.70. The van der Waals surface area contributed by atoms with Crippen molar-refractivity contribution in [2.75, 3.05) is 49.6 Å². The predicted molar refractivity (Wildman–Crippen MR) is 153 cm³/mol. The van der Waals surface area contributed by atoms with Crippen LogP contribution >= 0.6 is 0 Å². The molecule has 0 radical (unpaired) electrons. The number of nitrogens with two attached hydrogens (primary N) is 1. The number of fused-ring (bicyclic) bond motifs is 2. The largest absolute Gasteiger partial charge is 0.450 e. The van der Waals surface area contributed by atoms with Crippen molar-refractivity contribution in [2.45, 2.75) is 19.5 Å². The molecule has 0 atom stereocenters. The highest BCUT2D eigenvalue weighted by molar-refractivity contribution is 5.77. The van der Waals surface area contributed by atoms with Crippen LogP contribution in [0.1, 0.15) is 17.5 Å². The Kier molecular flexibility index (Phi) is 7.67. The van der Waals surface area contributed by atoms with Gasteiger partial charge in [0.15, 0.2) is 17.3 Å². The van der Waals surface area contributed by atoms with Crippen molar-refractivity contribution < 1.29 is 9.47 Å². The third-order valence-electron chi connectivity index (χ3n) is 6.94. The van der Waals surface area contributed by atoms with Gasteiger partial charge in [-0.05, 0) is 48.3 Å². The summed E-state index contributed by atoms with van der Waals surface area (Å²) in [5, 5.41) is 6.60. The number of benzene rings is 2. The van der Waals surface area contributed by atoms with Gasteiger partial charge in [-0.15, -0.1) is 0 Å². The van der Waals surface area contributed by atoms with Crippen molar-refractivity contribution in [2.24, 2.45) is 5.73 Å². The first-order valence-corrected chi connectivity index (χ1v) is 13.5. The molecule has 2 aromatic carbocycles. The average molecular weight is 541 g/mol. The Bertz CT molecular complexity index is 1520. The van der Waals surface area contributed by atoms with Gasteiger partial charge in [-0.1, -0.05) is 30.3 Å². The molecule has 2 aliphatic rings. The van der Waals surface area contributed by atoms with E-state index in [1.165, 1.54) is 5.56 Å². The molecule has 40 heavy (non-hydrogen) atoms. The normalized spacial score (nSPS) is 14.2. The predicted octanol–water partition coefficient (Wildman–Crippen LogP) is 2.87. The number of ether oxygens (including phenoxy) is 2. The van der Waals surface area contributed by atoms with E-state index in [1.54, 1.807) is 10.8 Å². The highest BCUT2D eigenvalue weighted by atomic mass is 16.5. The number of anilines is 3. The minimum absolute atomic E-state index is 0.347. The molecular formula is C29H32N8O3. The van der Waals surface area contributed by atoms with Crippen LogP contribution in [0.15, 0.2) is 65.8 Å². The van der Waals surface area contributed by atoms with Crippen molar-refractivity contribution in [3.8, 4) is 22.6 Å². The number of nitrogens with one attached hydrogen (secondary N) is 2. The van der Waals surface area contributed by atoms with E-state index in [9.17, 15) is 4.79 Å². The summed E-state index contributed by atoms with van der Waals surface area (Å²) in [6.07, 6.45) is 6.30. The third-order valence-corrected chi connectivity index (χ3v) is 6.94. The Morgan fingerprint density at radius 1 is 0.975 bits per heavy atom. The molecular weight excluding hydrogens is 508 g/mol. The number of hydrogen-bond donors (Lipinski definition) is 3. The molecule has 2 aliphatic heterocycles. The van der Waals surface area contributed by atoms with Crippen LogP contribution in [0, 0.1) is 0 Å². The molecule has 1 saturated heterocycles. The Balaban J connectivity index is 1.15. The van der Waals surface area contributed by atoms with Gasteiger partial charge in [-0.25, -0.2) is 14.8 Å². The summed E-state index contributed by atoms with van der Waals surface area (Å²) in [6, 6.07) is 14.0. The van der Waals surface area contributed by atoms with Crippen molar-refractivity contribution in [1.29, 1.82) is 0 Å². The van der Waals surface area contributed by atoms with E-state index in [4.69, 9.17) is 15.2 Å². The van der Waals surface area contributed by atoms with Gasteiger partial charge in [0, 0.05) is 37.6 Å². The molecule has 0 spiro atoms. The summed E-state index contributed by atoms with van der Waals surface area (Å²) in [7, 11) is 0. The number of hydrogen-bond acceptors (Lipinski definition) is 10. The Hall–Kier alpha value is -4.32. The molecule has 0 saturated carbocycles. The van der Waals surface area contributed by atoms with Gasteiger partial charge < -0.3 is 30.7 Å². The lowest BCUT2D eigenvalue weighted by molar-refractivity contribution is 0.122. The number of rotatable bonds is 9. The summed E-state index contributed by atoms with van der Waals surface area (Å²) in [5.74, 6) is 2.23. The summed E-state index contributed by atoms with van der Waals surface area (Å²) < 4.78 is 13.2. The van der Waals surface area contributed by atoms with Crippen LogP contribution in [0.3, 0.4) is 0 Å². The van der Waals surface area contributed by atoms with E-state index in [2.05, 4.69) is 42.6 Å². The zero-order valence-electron chi connectivity index (χ0n) is 22.2. The van der Waals surface area contributed by atoms with Crippen molar-refractivity contribution in [3.05, 3.63) is 82.7 Å². The van der Waals surface area contributed by atoms with E-state index < -0.39 is 0 Å². The summed E-state index contributed by atoms with van der Waals surface area (Å²) in [6.45, 7) is 5.69. The number of nitrogens with zero attached hydrogens (tertiary/aromatic N) is 5. The molecule has 11 nitrogen and oxygen atoms in total. The van der Waals surface area contributed by atoms with Gasteiger partial charge in [-0.3, -0.25) is 4.57 Å². The highest BCUT2D eigenvalue weighted by Gasteiger charge is 2.21. The van der Waals surface area contributed by atoms with Gasteiger partial charge in [0.25, 0.3) is 0 Å². The topological polar surface area (TPSA) is 132 Å². The lowest BCUT2D eigenvalue weighted by atomic mass is 10.1. The summed E-state index contributed by atoms with van der Waals surface area (Å²) in [5.41, 5.74) is 9.92. The minimum atomic E-state index is -0.347. The lowest BCUT2D eigenvalue weighted by Crippen LogP contribution is -2.37. The first kappa shape index (κ1) is 25.9. The smallest absolute Gasteiger partial charge is 0.350 e. The summed E-state index contributed by atoms with van der Waals surface area (Å²) >= 11 is 0. The quantitative estimate of drug-likeness (QED) is 0.240. The molecule has 0 unspecified atom stereocenters. The number of aromatic nitrogens is 4. The van der Waals surface area contributed by atoms with Crippen LogP contribution in [0.5, 0.6) is 11.5 Å². The van der Waals surface area contributed by atoms with E-state index in [1.807, 2.05) is 42.7 Å². The van der Waals surface area contributed by atoms with Crippen LogP contribution in [0.4, 0.5) is 17.5 Å². The second-order valence-corrected chi connectivity index (χ2v) is 9.81. The minimum Gasteiger partial charge on any atom is -0.450 e. The zero-order chi connectivity index (χ0) is 27.3. The zero-order valence-corrected chi connectivity index (χ0v) is 22.2. The molecule has 0 aliphatic carbocycles. The van der Waals surface area contributed by atoms with Crippen LogP contribution < -0.4 is 31.7 Å². The molecule has 11 heteroatoms. The average Bonchev–Trinajstić information content (AvgIpc) is 3.00. The second kappa shape index (κ2) is 11.8. The van der Waals surface area contributed by atoms with E-state index >= 15 is 0 Å². The fourth-order valence-corrected chi connectivity index (χ4v) is 4.70. The molecule has 0 amide bonds. The molecule has 4 heterocycles. The third kappa shape index (κ3) is 5.81. The van der Waals surface area contributed by atoms with Crippen molar-refractivity contribution >= 4 is 17.5 Å². The van der Waals surface area contributed by atoms with Gasteiger partial charge >= 0.3 is 5.69 Å². The van der Waals surface area contributed by atoms with Crippen molar-refractivity contribution in [3.63, 3.8) is 0 Å². The Morgan fingerprint density at radius 3 is 2.52 bits per heavy atom. The van der Waals surface area contributed by atoms with Gasteiger partial charge in [-0.2, -0.15) is 4.98 Å². The maximum Gasteiger partial charge on any atom is 0.350 e. The van der Waals surface area contributed by atoms with Gasteiger partial charge in [0.05, 0.1) is 31.6 Å². The SMILES string of the molecule is NCCCNCc1ccc(Cn2cc3c(nc2=O)Nc2ccc(-c4cnc(N5CCOCC5)nc4)cc2O3)cc1. The molecule has 206 valence electrons. The van der Waals surface area contributed by atoms with Crippen LogP contribution in [0.25, 0.3) is 11.1 Å². The van der Waals surface area contributed by atoms with Crippen LogP contribution in [-0.4, -0.2) is 58.9 Å². The standard InChI is InChI=1S/C29H32N8O3/c30-8-1-9-31-15-20-2-4-21(5-3-20)18-37-19-26-27(35-29(37)38)34-24-7-6-22(14-25(24)40-26)23-16-32-28(33-17-23)36-10-12-39-13-11-36/h2-7,14,16-17,19,31H,1,8-13,15,18,30H2,(H,34,35,38). The first-order chi connectivity index (χ1) is 19.7. The van der Waals surface area contributed by atoms with Crippen LogP contribution in [0.2, 0.25) is 0 Å². The maximum absolute atomic E-state index is 12.8. The molecule has 4 N–H and O–H groups in total. The summed E-state index contributed by atoms with van der Waals surface area (Å²) in [4.78, 5) is 28.2. The maximum atomic E-state index is 12.8. The molecule has 0 bridgehead atoms. The van der Waals surface area contributed by atoms with Gasteiger partial charge in [0.2, 0.25) is 5.95 Å². The molecule has 4 aromatic rings. The van der Waals surface area contributed by atoms with E-state index in [-0.39, 0.29) is 5.69 Å². The van der Waals surface area contributed by atoms with Crippen molar-refractivity contribution in [1.82, 2.24) is 24.8 Å². The second-order valence-electron chi connectivity index (χ2n) is 9.81. The first-order valence-electron chi connectivity index (χ1n) is 13.5. The van der Waals surface area contributed by atoms with E-state index in [0.717, 1.165) is 55.0 Å². The Morgan fingerprint density at radius 2 is 1.75 bits per heavy atom. The lowest BCUT2D eigenvalue weighted by Gasteiger charge is -2.26. The van der Waals surface area contributed by atoms with Crippen LogP contribution in [-0.2, 0) is 17.8 Å². The Labute approximate surface area is 232 Å².